The van der Waals surface area contributed by atoms with Gasteiger partial charge in [-0.2, -0.15) is 5.10 Å². The summed E-state index contributed by atoms with van der Waals surface area (Å²) in [5.41, 5.74) is -0.482. The Hall–Kier alpha value is -2.09. The third kappa shape index (κ3) is 4.22. The third-order valence-electron chi connectivity index (χ3n) is 4.34. The molecular formula is C15H25N5O3. The normalized spacial score (nSPS) is 19.6. The fraction of sp³-hybridized carbons (Fsp3) is 0.667. The van der Waals surface area contributed by atoms with E-state index in [1.165, 1.54) is 0 Å². The van der Waals surface area contributed by atoms with Crippen LogP contribution in [0.5, 0.6) is 0 Å². The van der Waals surface area contributed by atoms with Gasteiger partial charge in [0.25, 0.3) is 6.47 Å². The Labute approximate surface area is 135 Å². The topological polar surface area (TPSA) is 99.5 Å². The lowest BCUT2D eigenvalue weighted by Gasteiger charge is -2.39. The molecule has 0 radical (unpaired) electrons. The van der Waals surface area contributed by atoms with E-state index in [4.69, 9.17) is 9.90 Å². The summed E-state index contributed by atoms with van der Waals surface area (Å²) in [5.74, 6) is 1.05. The zero-order valence-electron chi connectivity index (χ0n) is 13.5. The zero-order valence-corrected chi connectivity index (χ0v) is 13.5. The lowest BCUT2D eigenvalue weighted by atomic mass is 9.86. The van der Waals surface area contributed by atoms with Crippen LogP contribution in [0.4, 0.5) is 5.82 Å². The molecule has 2 saturated heterocycles. The summed E-state index contributed by atoms with van der Waals surface area (Å²) in [6.45, 7) is 3.30. The average Bonchev–Trinajstić information content (AvgIpc) is 3.20. The number of piperidine rings is 1. The number of carboxylic acid groups (broad SMARTS) is 1. The Morgan fingerprint density at radius 2 is 2.00 bits per heavy atom. The van der Waals surface area contributed by atoms with Crippen LogP contribution in [-0.2, 0) is 16.6 Å². The number of likely N-dealkylation sites (tertiary alicyclic amines) is 1. The van der Waals surface area contributed by atoms with Crippen molar-refractivity contribution in [2.24, 2.45) is 7.05 Å². The van der Waals surface area contributed by atoms with Gasteiger partial charge in [0.2, 0.25) is 5.91 Å². The molecular weight excluding hydrogens is 298 g/mol. The van der Waals surface area contributed by atoms with Gasteiger partial charge in [-0.15, -0.1) is 0 Å². The number of aromatic nitrogens is 2. The van der Waals surface area contributed by atoms with Crippen LogP contribution >= 0.6 is 0 Å². The van der Waals surface area contributed by atoms with E-state index in [0.717, 1.165) is 57.7 Å². The molecule has 0 aliphatic carbocycles. The molecule has 0 bridgehead atoms. The van der Waals surface area contributed by atoms with Crippen LogP contribution in [0.1, 0.15) is 25.7 Å². The second kappa shape index (κ2) is 7.96. The number of aryl methyl sites for hydroxylation is 1. The fourth-order valence-corrected chi connectivity index (χ4v) is 3.20. The summed E-state index contributed by atoms with van der Waals surface area (Å²) in [6.07, 6.45) is 5.79. The number of nitrogens with one attached hydrogen (secondary N) is 2. The predicted octanol–water partition coefficient (Wildman–Crippen LogP) is 0.277. The summed E-state index contributed by atoms with van der Waals surface area (Å²) >= 11 is 0. The molecule has 0 aromatic carbocycles. The van der Waals surface area contributed by atoms with Gasteiger partial charge in [-0.1, -0.05) is 0 Å². The monoisotopic (exact) mass is 323 g/mol. The SMILES string of the molecule is Cn1ccc(NC2(C(=O)N3CCCC3)CCNCC2)n1.O=CO. The third-order valence-corrected chi connectivity index (χ3v) is 4.34. The van der Waals surface area contributed by atoms with E-state index in [1.54, 1.807) is 4.68 Å². The van der Waals surface area contributed by atoms with Gasteiger partial charge in [-0.3, -0.25) is 14.3 Å². The number of anilines is 1. The lowest BCUT2D eigenvalue weighted by molar-refractivity contribution is -0.136. The van der Waals surface area contributed by atoms with E-state index in [1.807, 2.05) is 24.2 Å². The molecule has 2 aliphatic rings. The van der Waals surface area contributed by atoms with Crippen LogP contribution in [-0.4, -0.2) is 63.9 Å². The Bertz CT molecular complexity index is 519. The number of amides is 1. The maximum absolute atomic E-state index is 12.9. The summed E-state index contributed by atoms with van der Waals surface area (Å²) in [6, 6.07) is 1.93. The van der Waals surface area contributed by atoms with Crippen LogP contribution < -0.4 is 10.6 Å². The van der Waals surface area contributed by atoms with Gasteiger partial charge in [0, 0.05) is 32.4 Å². The Kier molecular flexibility index (Phi) is 5.97. The molecule has 128 valence electrons. The minimum atomic E-state index is -0.482. The van der Waals surface area contributed by atoms with Crippen molar-refractivity contribution >= 4 is 18.2 Å². The second-order valence-corrected chi connectivity index (χ2v) is 5.94. The van der Waals surface area contributed by atoms with Gasteiger partial charge < -0.3 is 20.6 Å². The van der Waals surface area contributed by atoms with Crippen molar-refractivity contribution in [3.63, 3.8) is 0 Å². The molecule has 1 amide bonds. The van der Waals surface area contributed by atoms with Gasteiger partial charge >= 0.3 is 0 Å². The van der Waals surface area contributed by atoms with Crippen LogP contribution in [0.2, 0.25) is 0 Å². The molecule has 3 heterocycles. The zero-order chi connectivity index (χ0) is 16.7. The fourth-order valence-electron chi connectivity index (χ4n) is 3.20. The first-order chi connectivity index (χ1) is 11.1. The molecule has 0 saturated carbocycles. The molecule has 0 atom stereocenters. The van der Waals surface area contributed by atoms with Gasteiger partial charge in [-0.05, 0) is 38.8 Å². The number of rotatable bonds is 3. The molecule has 1 aromatic rings. The van der Waals surface area contributed by atoms with Crippen LogP contribution in [0.25, 0.3) is 0 Å². The molecule has 0 unspecified atom stereocenters. The van der Waals surface area contributed by atoms with Gasteiger partial charge in [0.15, 0.2) is 0 Å². The number of hydrogen-bond acceptors (Lipinski definition) is 5. The highest BCUT2D eigenvalue weighted by Crippen LogP contribution is 2.27. The maximum Gasteiger partial charge on any atom is 0.290 e. The van der Waals surface area contributed by atoms with Crippen LogP contribution in [0, 0.1) is 0 Å². The highest BCUT2D eigenvalue weighted by atomic mass is 16.3. The van der Waals surface area contributed by atoms with Gasteiger partial charge in [0.05, 0.1) is 0 Å². The first-order valence-corrected chi connectivity index (χ1v) is 7.97. The summed E-state index contributed by atoms with van der Waals surface area (Å²) in [5, 5.41) is 18.0. The Morgan fingerprint density at radius 1 is 1.39 bits per heavy atom. The van der Waals surface area contributed by atoms with E-state index >= 15 is 0 Å². The van der Waals surface area contributed by atoms with Gasteiger partial charge in [0.1, 0.15) is 11.4 Å². The standard InChI is InChI=1S/C14H23N5O.CH2O2/c1-18-11-4-12(17-18)16-14(5-7-15-8-6-14)13(20)19-9-2-3-10-19;2-1-3/h4,11,15H,2-3,5-10H2,1H3,(H,16,17);1H,(H,2,3). The summed E-state index contributed by atoms with van der Waals surface area (Å²) in [4.78, 5) is 23.3. The van der Waals surface area contributed by atoms with E-state index in [9.17, 15) is 4.79 Å². The maximum atomic E-state index is 12.9. The Morgan fingerprint density at radius 3 is 2.52 bits per heavy atom. The van der Waals surface area contributed by atoms with Crippen molar-refractivity contribution in [3.05, 3.63) is 12.3 Å². The largest absolute Gasteiger partial charge is 0.483 e. The first kappa shape index (κ1) is 17.3. The minimum absolute atomic E-state index is 0.250. The first-order valence-electron chi connectivity index (χ1n) is 7.97. The van der Waals surface area contributed by atoms with E-state index < -0.39 is 5.54 Å². The van der Waals surface area contributed by atoms with Crippen molar-refractivity contribution in [1.82, 2.24) is 20.0 Å². The number of carbonyl (C=O) groups excluding carboxylic acids is 1. The van der Waals surface area contributed by atoms with Crippen LogP contribution in [0.3, 0.4) is 0 Å². The molecule has 0 spiro atoms. The Balaban J connectivity index is 0.000000595. The quantitative estimate of drug-likeness (QED) is 0.691. The van der Waals surface area contributed by atoms with Crippen molar-refractivity contribution in [1.29, 1.82) is 0 Å². The van der Waals surface area contributed by atoms with Crippen molar-refractivity contribution in [2.45, 2.75) is 31.2 Å². The molecule has 3 rings (SSSR count). The van der Waals surface area contributed by atoms with E-state index in [0.29, 0.717) is 0 Å². The summed E-state index contributed by atoms with van der Waals surface area (Å²) < 4.78 is 1.76. The summed E-state index contributed by atoms with van der Waals surface area (Å²) in [7, 11) is 1.89. The number of carbonyl (C=O) groups is 2. The smallest absolute Gasteiger partial charge is 0.290 e. The van der Waals surface area contributed by atoms with E-state index in [-0.39, 0.29) is 12.4 Å². The van der Waals surface area contributed by atoms with Crippen LogP contribution in [0.15, 0.2) is 12.3 Å². The predicted molar refractivity (Wildman–Crippen MR) is 86.2 cm³/mol. The average molecular weight is 323 g/mol. The highest BCUT2D eigenvalue weighted by Gasteiger charge is 2.43. The minimum Gasteiger partial charge on any atom is -0.483 e. The number of nitrogens with zero attached hydrogens (tertiary/aromatic N) is 3. The number of hydrogen-bond donors (Lipinski definition) is 3. The molecule has 8 heteroatoms. The molecule has 1 aromatic heterocycles. The van der Waals surface area contributed by atoms with E-state index in [2.05, 4.69) is 15.7 Å². The highest BCUT2D eigenvalue weighted by molar-refractivity contribution is 5.89. The molecule has 2 fully saturated rings. The second-order valence-electron chi connectivity index (χ2n) is 5.94. The molecule has 23 heavy (non-hydrogen) atoms. The van der Waals surface area contributed by atoms with Crippen molar-refractivity contribution in [2.75, 3.05) is 31.5 Å². The molecule has 3 N–H and O–H groups in total. The molecule has 2 aliphatic heterocycles. The van der Waals surface area contributed by atoms with Crippen molar-refractivity contribution in [3.8, 4) is 0 Å². The lowest BCUT2D eigenvalue weighted by Crippen LogP contribution is -2.58. The van der Waals surface area contributed by atoms with Crippen molar-refractivity contribution < 1.29 is 14.7 Å². The molecule has 8 nitrogen and oxygen atoms in total. The van der Waals surface area contributed by atoms with Gasteiger partial charge in [-0.25, -0.2) is 0 Å².